The van der Waals surface area contributed by atoms with Crippen LogP contribution in [0.25, 0.3) is 0 Å². The SMILES string of the molecule is CC(NC(=O)CN1CCc2sccc2C1)C1CC2CCC1C2. The second-order valence-corrected chi connectivity index (χ2v) is 8.53. The lowest BCUT2D eigenvalue weighted by atomic mass is 9.84. The van der Waals surface area contributed by atoms with Gasteiger partial charge in [0.1, 0.15) is 0 Å². The van der Waals surface area contributed by atoms with E-state index in [1.54, 1.807) is 0 Å². The van der Waals surface area contributed by atoms with Gasteiger partial charge in [-0.05, 0) is 67.4 Å². The van der Waals surface area contributed by atoms with Crippen LogP contribution in [0.15, 0.2) is 11.4 Å². The summed E-state index contributed by atoms with van der Waals surface area (Å²) in [6, 6.07) is 2.56. The number of hydrogen-bond acceptors (Lipinski definition) is 3. The van der Waals surface area contributed by atoms with Crippen molar-refractivity contribution < 1.29 is 4.79 Å². The van der Waals surface area contributed by atoms with Crippen LogP contribution in [0.4, 0.5) is 0 Å². The number of amides is 1. The summed E-state index contributed by atoms with van der Waals surface area (Å²) in [6.45, 7) is 4.73. The van der Waals surface area contributed by atoms with Gasteiger partial charge in [0, 0.05) is 24.0 Å². The summed E-state index contributed by atoms with van der Waals surface area (Å²) in [7, 11) is 0. The molecule has 2 heterocycles. The first-order valence-corrected chi connectivity index (χ1v) is 9.64. The molecule has 4 unspecified atom stereocenters. The Balaban J connectivity index is 1.28. The molecule has 120 valence electrons. The molecule has 1 amide bonds. The highest BCUT2D eigenvalue weighted by Gasteiger charge is 2.42. The van der Waals surface area contributed by atoms with Crippen LogP contribution in [0.1, 0.15) is 43.0 Å². The second kappa shape index (κ2) is 5.97. The van der Waals surface area contributed by atoms with E-state index in [0.717, 1.165) is 37.3 Å². The third-order valence-electron chi connectivity index (χ3n) is 6.08. The van der Waals surface area contributed by atoms with E-state index in [1.807, 2.05) is 11.3 Å². The molecule has 0 radical (unpaired) electrons. The number of fused-ring (bicyclic) bond motifs is 3. The Labute approximate surface area is 137 Å². The topological polar surface area (TPSA) is 32.3 Å². The fourth-order valence-electron chi connectivity index (χ4n) is 4.96. The Morgan fingerprint density at radius 1 is 1.45 bits per heavy atom. The van der Waals surface area contributed by atoms with Gasteiger partial charge in [-0.1, -0.05) is 6.42 Å². The van der Waals surface area contributed by atoms with E-state index >= 15 is 0 Å². The highest BCUT2D eigenvalue weighted by Crippen LogP contribution is 2.49. The van der Waals surface area contributed by atoms with Crippen LogP contribution in [0.3, 0.4) is 0 Å². The molecular weight excluding hydrogens is 292 g/mol. The molecule has 2 saturated carbocycles. The monoisotopic (exact) mass is 318 g/mol. The van der Waals surface area contributed by atoms with Crippen LogP contribution in [-0.4, -0.2) is 29.9 Å². The van der Waals surface area contributed by atoms with E-state index in [4.69, 9.17) is 0 Å². The second-order valence-electron chi connectivity index (χ2n) is 7.52. The Morgan fingerprint density at radius 3 is 3.14 bits per heavy atom. The van der Waals surface area contributed by atoms with Gasteiger partial charge in [0.2, 0.25) is 5.91 Å². The molecule has 3 nitrogen and oxygen atoms in total. The molecule has 2 fully saturated rings. The van der Waals surface area contributed by atoms with E-state index in [-0.39, 0.29) is 5.91 Å². The number of nitrogens with zero attached hydrogens (tertiary/aromatic N) is 1. The Hall–Kier alpha value is -0.870. The molecule has 1 aromatic rings. The summed E-state index contributed by atoms with van der Waals surface area (Å²) in [5.41, 5.74) is 1.42. The van der Waals surface area contributed by atoms with E-state index in [2.05, 4.69) is 28.6 Å². The zero-order chi connectivity index (χ0) is 15.1. The largest absolute Gasteiger partial charge is 0.352 e. The molecule has 4 atom stereocenters. The molecule has 0 aromatic carbocycles. The predicted octanol–water partition coefficient (Wildman–Crippen LogP) is 3.05. The van der Waals surface area contributed by atoms with Crippen molar-refractivity contribution in [3.05, 3.63) is 21.9 Å². The van der Waals surface area contributed by atoms with Crippen molar-refractivity contribution in [1.29, 1.82) is 0 Å². The number of carbonyl (C=O) groups is 1. The third kappa shape index (κ3) is 2.83. The van der Waals surface area contributed by atoms with Gasteiger partial charge in [0.05, 0.1) is 6.54 Å². The fraction of sp³-hybridized carbons (Fsp3) is 0.722. The summed E-state index contributed by atoms with van der Waals surface area (Å²) in [5, 5.41) is 5.47. The van der Waals surface area contributed by atoms with E-state index in [9.17, 15) is 4.79 Å². The minimum atomic E-state index is 0.217. The minimum absolute atomic E-state index is 0.217. The molecule has 2 aliphatic carbocycles. The summed E-state index contributed by atoms with van der Waals surface area (Å²) in [4.78, 5) is 16.2. The molecule has 0 saturated heterocycles. The smallest absolute Gasteiger partial charge is 0.234 e. The average Bonchev–Trinajstić information content (AvgIpc) is 3.22. The lowest BCUT2D eigenvalue weighted by Gasteiger charge is -2.30. The highest BCUT2D eigenvalue weighted by atomic mass is 32.1. The standard InChI is InChI=1S/C18H26N2OS/c1-12(16-9-13-2-3-14(16)8-13)19-18(21)11-20-6-4-17-15(10-20)5-7-22-17/h5,7,12-14,16H,2-4,6,8-11H2,1H3,(H,19,21). The van der Waals surface area contributed by atoms with Crippen molar-refractivity contribution >= 4 is 17.2 Å². The normalized spacial score (nSPS) is 32.0. The Bertz CT molecular complexity index is 555. The first kappa shape index (κ1) is 14.7. The van der Waals surface area contributed by atoms with Gasteiger partial charge in [-0.15, -0.1) is 11.3 Å². The minimum Gasteiger partial charge on any atom is -0.352 e. The zero-order valence-electron chi connectivity index (χ0n) is 13.4. The van der Waals surface area contributed by atoms with Crippen LogP contribution in [0.2, 0.25) is 0 Å². The zero-order valence-corrected chi connectivity index (χ0v) is 14.2. The van der Waals surface area contributed by atoms with Crippen molar-refractivity contribution in [2.45, 2.75) is 51.6 Å². The van der Waals surface area contributed by atoms with Crippen LogP contribution >= 0.6 is 11.3 Å². The van der Waals surface area contributed by atoms with Crippen molar-refractivity contribution in [3.63, 3.8) is 0 Å². The predicted molar refractivity (Wildman–Crippen MR) is 89.8 cm³/mol. The Morgan fingerprint density at radius 2 is 2.36 bits per heavy atom. The molecule has 1 aromatic heterocycles. The van der Waals surface area contributed by atoms with Crippen molar-refractivity contribution in [3.8, 4) is 0 Å². The first-order chi connectivity index (χ1) is 10.7. The number of rotatable bonds is 4. The van der Waals surface area contributed by atoms with Gasteiger partial charge in [-0.2, -0.15) is 0 Å². The molecule has 0 spiro atoms. The number of nitrogens with one attached hydrogen (secondary N) is 1. The summed E-state index contributed by atoms with van der Waals surface area (Å²) in [6.07, 6.45) is 6.68. The molecule has 4 rings (SSSR count). The van der Waals surface area contributed by atoms with Crippen LogP contribution < -0.4 is 5.32 Å². The van der Waals surface area contributed by atoms with Crippen LogP contribution in [-0.2, 0) is 17.8 Å². The molecule has 2 bridgehead atoms. The van der Waals surface area contributed by atoms with Crippen LogP contribution in [0, 0.1) is 17.8 Å². The summed E-state index contributed by atoms with van der Waals surface area (Å²) in [5.74, 6) is 2.78. The fourth-order valence-corrected chi connectivity index (χ4v) is 5.85. The lowest BCUT2D eigenvalue weighted by molar-refractivity contribution is -0.123. The maximum atomic E-state index is 12.4. The Kier molecular flexibility index (Phi) is 3.99. The van der Waals surface area contributed by atoms with Crippen molar-refractivity contribution in [2.24, 2.45) is 17.8 Å². The van der Waals surface area contributed by atoms with Gasteiger partial charge in [-0.3, -0.25) is 9.69 Å². The lowest BCUT2D eigenvalue weighted by Crippen LogP contribution is -2.45. The van der Waals surface area contributed by atoms with Crippen molar-refractivity contribution in [1.82, 2.24) is 10.2 Å². The van der Waals surface area contributed by atoms with E-state index in [1.165, 1.54) is 36.1 Å². The first-order valence-electron chi connectivity index (χ1n) is 8.76. The number of thiophene rings is 1. The number of carbonyl (C=O) groups excluding carboxylic acids is 1. The maximum Gasteiger partial charge on any atom is 0.234 e. The molecule has 1 N–H and O–H groups in total. The quantitative estimate of drug-likeness (QED) is 0.925. The summed E-state index contributed by atoms with van der Waals surface area (Å²) >= 11 is 1.85. The van der Waals surface area contributed by atoms with Gasteiger partial charge >= 0.3 is 0 Å². The molecule has 4 heteroatoms. The van der Waals surface area contributed by atoms with E-state index in [0.29, 0.717) is 12.6 Å². The molecule has 1 aliphatic heterocycles. The maximum absolute atomic E-state index is 12.4. The highest BCUT2D eigenvalue weighted by molar-refractivity contribution is 7.10. The summed E-state index contributed by atoms with van der Waals surface area (Å²) < 4.78 is 0. The van der Waals surface area contributed by atoms with Crippen molar-refractivity contribution in [2.75, 3.05) is 13.1 Å². The molecule has 22 heavy (non-hydrogen) atoms. The third-order valence-corrected chi connectivity index (χ3v) is 7.10. The van der Waals surface area contributed by atoms with Crippen LogP contribution in [0.5, 0.6) is 0 Å². The number of hydrogen-bond donors (Lipinski definition) is 1. The van der Waals surface area contributed by atoms with Gasteiger partial charge in [-0.25, -0.2) is 0 Å². The molecule has 3 aliphatic rings. The molecular formula is C18H26N2OS. The van der Waals surface area contributed by atoms with Gasteiger partial charge < -0.3 is 5.32 Å². The average molecular weight is 318 g/mol. The van der Waals surface area contributed by atoms with Gasteiger partial charge in [0.25, 0.3) is 0 Å². The van der Waals surface area contributed by atoms with Gasteiger partial charge in [0.15, 0.2) is 0 Å². The van der Waals surface area contributed by atoms with E-state index < -0.39 is 0 Å².